The number of fused-ring (bicyclic) bond motifs is 1. The zero-order valence-corrected chi connectivity index (χ0v) is 8.21. The van der Waals surface area contributed by atoms with E-state index in [-0.39, 0.29) is 0 Å². The minimum absolute atomic E-state index is 0.871. The van der Waals surface area contributed by atoms with Crippen LogP contribution in [0.1, 0.15) is 11.9 Å². The van der Waals surface area contributed by atoms with Crippen molar-refractivity contribution in [3.05, 3.63) is 29.3 Å². The van der Waals surface area contributed by atoms with E-state index in [0.717, 1.165) is 15.4 Å². The van der Waals surface area contributed by atoms with Crippen LogP contribution >= 0.6 is 23.6 Å². The first-order valence-electron chi connectivity index (χ1n) is 3.64. The summed E-state index contributed by atoms with van der Waals surface area (Å²) in [6.07, 6.45) is 0. The number of para-hydroxylation sites is 1. The van der Waals surface area contributed by atoms with Gasteiger partial charge < -0.3 is 0 Å². The summed E-state index contributed by atoms with van der Waals surface area (Å²) in [6.45, 7) is 1.91. The minimum Gasteiger partial charge on any atom is -0.236 e. The maximum Gasteiger partial charge on any atom is 0.131 e. The summed E-state index contributed by atoms with van der Waals surface area (Å²) in [6, 6.07) is 8.08. The molecule has 0 saturated carbocycles. The maximum absolute atomic E-state index is 5.05. The smallest absolute Gasteiger partial charge is 0.131 e. The van der Waals surface area contributed by atoms with E-state index in [1.54, 1.807) is 11.3 Å². The van der Waals surface area contributed by atoms with Gasteiger partial charge in [-0.2, -0.15) is 0 Å². The molecule has 2 aromatic rings. The Bertz CT molecular complexity index is 398. The van der Waals surface area contributed by atoms with Crippen LogP contribution < -0.4 is 0 Å². The molecule has 0 saturated heterocycles. The van der Waals surface area contributed by atoms with E-state index >= 15 is 0 Å². The normalized spacial score (nSPS) is 10.4. The largest absolute Gasteiger partial charge is 0.236 e. The van der Waals surface area contributed by atoms with Crippen LogP contribution in [0.5, 0.6) is 0 Å². The van der Waals surface area contributed by atoms with E-state index in [1.807, 2.05) is 25.1 Å². The second-order valence-electron chi connectivity index (χ2n) is 2.54. The third kappa shape index (κ3) is 1.26. The van der Waals surface area contributed by atoms with Gasteiger partial charge in [-0.15, -0.1) is 11.3 Å². The van der Waals surface area contributed by atoms with Gasteiger partial charge >= 0.3 is 0 Å². The Morgan fingerprint density at radius 1 is 1.42 bits per heavy atom. The van der Waals surface area contributed by atoms with E-state index < -0.39 is 0 Å². The van der Waals surface area contributed by atoms with Crippen molar-refractivity contribution in [3.63, 3.8) is 0 Å². The number of hydrogen-bond donors (Lipinski definition) is 0. The van der Waals surface area contributed by atoms with Gasteiger partial charge in [0.2, 0.25) is 0 Å². The SMILES string of the molecule is CC(=S)c1nc2ccccc2s1. The molecule has 0 aliphatic heterocycles. The molecule has 0 N–H and O–H groups in total. The molecule has 1 nitrogen and oxygen atoms in total. The molecular formula is C9H7NS2. The Morgan fingerprint density at radius 3 is 2.83 bits per heavy atom. The molecule has 0 atom stereocenters. The Hall–Kier alpha value is -0.800. The first-order valence-corrected chi connectivity index (χ1v) is 4.86. The quantitative estimate of drug-likeness (QED) is 0.510. The molecular weight excluding hydrogens is 186 g/mol. The molecule has 1 heterocycles. The number of thiazole rings is 1. The highest BCUT2D eigenvalue weighted by Crippen LogP contribution is 2.21. The van der Waals surface area contributed by atoms with Gasteiger partial charge in [0.1, 0.15) is 5.01 Å². The molecule has 0 aliphatic rings. The first-order chi connectivity index (χ1) is 5.77. The predicted octanol–water partition coefficient (Wildman–Crippen LogP) is 3.03. The number of thiocarbonyl (C=S) groups is 1. The summed E-state index contributed by atoms with van der Waals surface area (Å²) in [5, 5.41) is 0.964. The van der Waals surface area contributed by atoms with Crippen LogP contribution in [-0.4, -0.2) is 9.85 Å². The van der Waals surface area contributed by atoms with Crippen molar-refractivity contribution in [2.24, 2.45) is 0 Å². The molecule has 1 aromatic carbocycles. The van der Waals surface area contributed by atoms with E-state index in [2.05, 4.69) is 11.1 Å². The third-order valence-corrected chi connectivity index (χ3v) is 3.07. The molecule has 0 aliphatic carbocycles. The highest BCUT2D eigenvalue weighted by molar-refractivity contribution is 7.81. The summed E-state index contributed by atoms with van der Waals surface area (Å²) < 4.78 is 1.21. The Kier molecular flexibility index (Phi) is 1.90. The van der Waals surface area contributed by atoms with Crippen molar-refractivity contribution >= 4 is 38.6 Å². The Morgan fingerprint density at radius 2 is 2.17 bits per heavy atom. The predicted molar refractivity (Wildman–Crippen MR) is 57.0 cm³/mol. The van der Waals surface area contributed by atoms with Crippen molar-refractivity contribution in [1.29, 1.82) is 0 Å². The molecule has 0 radical (unpaired) electrons. The van der Waals surface area contributed by atoms with Gasteiger partial charge in [0.15, 0.2) is 0 Å². The van der Waals surface area contributed by atoms with E-state index in [1.165, 1.54) is 4.70 Å². The zero-order chi connectivity index (χ0) is 8.55. The summed E-state index contributed by atoms with van der Waals surface area (Å²) in [5.74, 6) is 0. The topological polar surface area (TPSA) is 12.9 Å². The second-order valence-corrected chi connectivity index (χ2v) is 4.19. The highest BCUT2D eigenvalue weighted by Gasteiger charge is 2.02. The molecule has 12 heavy (non-hydrogen) atoms. The van der Waals surface area contributed by atoms with Gasteiger partial charge in [0, 0.05) is 4.86 Å². The van der Waals surface area contributed by atoms with Crippen molar-refractivity contribution in [1.82, 2.24) is 4.98 Å². The van der Waals surface area contributed by atoms with Gasteiger partial charge in [-0.05, 0) is 19.1 Å². The van der Waals surface area contributed by atoms with Gasteiger partial charge in [-0.1, -0.05) is 24.4 Å². The number of nitrogens with zero attached hydrogens (tertiary/aromatic N) is 1. The highest BCUT2D eigenvalue weighted by atomic mass is 32.1. The molecule has 0 unspecified atom stereocenters. The number of rotatable bonds is 1. The van der Waals surface area contributed by atoms with Crippen molar-refractivity contribution in [3.8, 4) is 0 Å². The van der Waals surface area contributed by atoms with Crippen molar-refractivity contribution in [2.45, 2.75) is 6.92 Å². The lowest BCUT2D eigenvalue weighted by Crippen LogP contribution is -1.85. The average molecular weight is 193 g/mol. The van der Waals surface area contributed by atoms with Gasteiger partial charge in [0.25, 0.3) is 0 Å². The van der Waals surface area contributed by atoms with Gasteiger partial charge in [-0.3, -0.25) is 0 Å². The fourth-order valence-electron chi connectivity index (χ4n) is 1.02. The first kappa shape index (κ1) is 7.83. The molecule has 60 valence electrons. The summed E-state index contributed by atoms with van der Waals surface area (Å²) >= 11 is 6.70. The van der Waals surface area contributed by atoms with Crippen molar-refractivity contribution < 1.29 is 0 Å². The average Bonchev–Trinajstić information content (AvgIpc) is 2.46. The van der Waals surface area contributed by atoms with Gasteiger partial charge in [-0.25, -0.2) is 4.98 Å². The van der Waals surface area contributed by atoms with Crippen molar-refractivity contribution in [2.75, 3.05) is 0 Å². The van der Waals surface area contributed by atoms with Crippen LogP contribution in [0.25, 0.3) is 10.2 Å². The summed E-state index contributed by atoms with van der Waals surface area (Å²) in [4.78, 5) is 5.26. The molecule has 1 aromatic heterocycles. The van der Waals surface area contributed by atoms with Crippen LogP contribution in [0.2, 0.25) is 0 Å². The van der Waals surface area contributed by atoms with E-state index in [9.17, 15) is 0 Å². The standard InChI is InChI=1S/C9H7NS2/c1-6(11)9-10-7-4-2-3-5-8(7)12-9/h2-5H,1H3. The second kappa shape index (κ2) is 2.92. The molecule has 3 heteroatoms. The maximum atomic E-state index is 5.05. The monoisotopic (exact) mass is 193 g/mol. The van der Waals surface area contributed by atoms with Crippen LogP contribution in [0.3, 0.4) is 0 Å². The molecule has 0 fully saturated rings. The summed E-state index contributed by atoms with van der Waals surface area (Å²) in [7, 11) is 0. The zero-order valence-electron chi connectivity index (χ0n) is 6.57. The van der Waals surface area contributed by atoms with E-state index in [4.69, 9.17) is 12.2 Å². The lowest BCUT2D eigenvalue weighted by Gasteiger charge is -1.83. The molecule has 0 amide bonds. The number of hydrogen-bond acceptors (Lipinski definition) is 3. The lowest BCUT2D eigenvalue weighted by molar-refractivity contribution is 1.46. The number of aromatic nitrogens is 1. The minimum atomic E-state index is 0.871. The van der Waals surface area contributed by atoms with Crippen LogP contribution in [0.15, 0.2) is 24.3 Å². The Labute approximate surface area is 80.1 Å². The van der Waals surface area contributed by atoms with E-state index in [0.29, 0.717) is 0 Å². The van der Waals surface area contributed by atoms with Crippen LogP contribution in [-0.2, 0) is 0 Å². The fourth-order valence-corrected chi connectivity index (χ4v) is 2.05. The third-order valence-electron chi connectivity index (χ3n) is 1.60. The van der Waals surface area contributed by atoms with Crippen LogP contribution in [0, 0.1) is 0 Å². The van der Waals surface area contributed by atoms with Crippen LogP contribution in [0.4, 0.5) is 0 Å². The molecule has 0 bridgehead atoms. The summed E-state index contributed by atoms with van der Waals surface area (Å²) in [5.41, 5.74) is 1.04. The Balaban J connectivity index is 2.70. The fraction of sp³-hybridized carbons (Fsp3) is 0.111. The molecule has 2 rings (SSSR count). The number of benzene rings is 1. The molecule has 0 spiro atoms. The lowest BCUT2D eigenvalue weighted by atomic mass is 10.3. The van der Waals surface area contributed by atoms with Gasteiger partial charge in [0.05, 0.1) is 10.2 Å².